The molecule has 0 aromatic heterocycles. The van der Waals surface area contributed by atoms with Crippen LogP contribution in [0.2, 0.25) is 5.02 Å². The molecular formula is C14H16ClN3O2S. The summed E-state index contributed by atoms with van der Waals surface area (Å²) in [4.78, 5) is 22.8. The van der Waals surface area contributed by atoms with Crippen LogP contribution in [0.25, 0.3) is 6.08 Å². The Labute approximate surface area is 133 Å². The van der Waals surface area contributed by atoms with E-state index in [1.54, 1.807) is 30.3 Å². The molecule has 1 aromatic carbocycles. The second kappa shape index (κ2) is 9.10. The summed E-state index contributed by atoms with van der Waals surface area (Å²) < 4.78 is 0. The summed E-state index contributed by atoms with van der Waals surface area (Å²) in [6.45, 7) is 1.89. The Morgan fingerprint density at radius 2 is 1.90 bits per heavy atom. The molecular weight excluding hydrogens is 310 g/mol. The summed E-state index contributed by atoms with van der Waals surface area (Å²) in [7, 11) is 0. The number of thiocarbonyl (C=S) groups is 1. The van der Waals surface area contributed by atoms with Crippen LogP contribution >= 0.6 is 23.8 Å². The fourth-order valence-electron chi connectivity index (χ4n) is 1.35. The summed E-state index contributed by atoms with van der Waals surface area (Å²) >= 11 is 10.6. The third-order valence-electron chi connectivity index (χ3n) is 2.33. The summed E-state index contributed by atoms with van der Waals surface area (Å²) in [5, 5.41) is 3.07. The third-order valence-corrected chi connectivity index (χ3v) is 2.78. The van der Waals surface area contributed by atoms with E-state index in [1.807, 2.05) is 6.92 Å². The van der Waals surface area contributed by atoms with Gasteiger partial charge in [-0.2, -0.15) is 0 Å². The molecule has 0 atom stereocenters. The van der Waals surface area contributed by atoms with Gasteiger partial charge in [-0.15, -0.1) is 0 Å². The number of carbonyl (C=O) groups is 2. The molecule has 0 aliphatic carbocycles. The van der Waals surface area contributed by atoms with Gasteiger partial charge in [0, 0.05) is 17.5 Å². The van der Waals surface area contributed by atoms with Crippen molar-refractivity contribution in [1.82, 2.24) is 16.2 Å². The molecule has 1 aromatic rings. The summed E-state index contributed by atoms with van der Waals surface area (Å²) in [6, 6.07) is 7.03. The van der Waals surface area contributed by atoms with E-state index in [2.05, 4.69) is 16.2 Å². The average molecular weight is 326 g/mol. The van der Waals surface area contributed by atoms with Crippen molar-refractivity contribution >= 4 is 46.8 Å². The van der Waals surface area contributed by atoms with Crippen LogP contribution in [-0.2, 0) is 9.59 Å². The molecule has 0 aliphatic heterocycles. The Morgan fingerprint density at radius 1 is 1.24 bits per heavy atom. The summed E-state index contributed by atoms with van der Waals surface area (Å²) in [6.07, 6.45) is 4.09. The lowest BCUT2D eigenvalue weighted by Gasteiger charge is -2.08. The maximum Gasteiger partial charge on any atom is 0.250 e. The van der Waals surface area contributed by atoms with Crippen LogP contribution in [0.4, 0.5) is 0 Å². The van der Waals surface area contributed by atoms with Gasteiger partial charge in [0.15, 0.2) is 5.11 Å². The van der Waals surface area contributed by atoms with Crippen molar-refractivity contribution in [3.63, 3.8) is 0 Å². The third kappa shape index (κ3) is 7.43. The van der Waals surface area contributed by atoms with Crippen LogP contribution in [0.3, 0.4) is 0 Å². The zero-order valence-electron chi connectivity index (χ0n) is 11.5. The first-order valence-corrected chi connectivity index (χ1v) is 7.13. The second-order valence-electron chi connectivity index (χ2n) is 4.13. The van der Waals surface area contributed by atoms with Gasteiger partial charge < -0.3 is 0 Å². The van der Waals surface area contributed by atoms with Crippen molar-refractivity contribution in [1.29, 1.82) is 0 Å². The Kier molecular flexibility index (Phi) is 7.42. The minimum absolute atomic E-state index is 0.0326. The van der Waals surface area contributed by atoms with Crippen LogP contribution in [0, 0.1) is 0 Å². The lowest BCUT2D eigenvalue weighted by molar-refractivity contribution is -0.122. The first-order valence-electron chi connectivity index (χ1n) is 6.34. The molecule has 0 saturated carbocycles. The molecule has 0 bridgehead atoms. The average Bonchev–Trinajstić information content (AvgIpc) is 2.45. The van der Waals surface area contributed by atoms with Gasteiger partial charge in [0.25, 0.3) is 0 Å². The molecule has 0 fully saturated rings. The first kappa shape index (κ1) is 17.1. The summed E-state index contributed by atoms with van der Waals surface area (Å²) in [5.41, 5.74) is 5.68. The predicted octanol–water partition coefficient (Wildman–Crippen LogP) is 2.18. The molecule has 7 heteroatoms. The van der Waals surface area contributed by atoms with Gasteiger partial charge in [-0.3, -0.25) is 25.8 Å². The molecule has 2 amide bonds. The lowest BCUT2D eigenvalue weighted by atomic mass is 10.2. The Hall–Kier alpha value is -1.92. The maximum absolute atomic E-state index is 11.6. The van der Waals surface area contributed by atoms with Crippen LogP contribution < -0.4 is 16.2 Å². The Morgan fingerprint density at radius 3 is 2.52 bits per heavy atom. The number of carbonyl (C=O) groups excluding carboxylic acids is 2. The zero-order chi connectivity index (χ0) is 15.7. The molecule has 0 aliphatic rings. The lowest BCUT2D eigenvalue weighted by Crippen LogP contribution is -2.48. The van der Waals surface area contributed by atoms with Crippen molar-refractivity contribution in [2.45, 2.75) is 19.8 Å². The quantitative estimate of drug-likeness (QED) is 0.451. The minimum Gasteiger partial charge on any atom is -0.298 e. The Balaban J connectivity index is 2.37. The summed E-state index contributed by atoms with van der Waals surface area (Å²) in [5.74, 6) is -0.585. The number of amides is 2. The fourth-order valence-corrected chi connectivity index (χ4v) is 1.62. The van der Waals surface area contributed by atoms with E-state index in [9.17, 15) is 9.59 Å². The van der Waals surface area contributed by atoms with Crippen LogP contribution in [0.5, 0.6) is 0 Å². The van der Waals surface area contributed by atoms with Crippen LogP contribution in [0.1, 0.15) is 25.3 Å². The number of benzene rings is 1. The molecule has 3 N–H and O–H groups in total. The van der Waals surface area contributed by atoms with Crippen LogP contribution in [0.15, 0.2) is 30.3 Å². The van der Waals surface area contributed by atoms with E-state index < -0.39 is 5.91 Å². The molecule has 0 radical (unpaired) electrons. The monoisotopic (exact) mass is 325 g/mol. The number of nitrogens with one attached hydrogen (secondary N) is 3. The zero-order valence-corrected chi connectivity index (χ0v) is 13.1. The van der Waals surface area contributed by atoms with E-state index in [1.165, 1.54) is 6.08 Å². The second-order valence-corrected chi connectivity index (χ2v) is 4.97. The number of halogens is 1. The van der Waals surface area contributed by atoms with Gasteiger partial charge >= 0.3 is 0 Å². The number of hydrazine groups is 1. The molecule has 112 valence electrons. The van der Waals surface area contributed by atoms with E-state index in [0.717, 1.165) is 12.0 Å². The van der Waals surface area contributed by atoms with Crippen molar-refractivity contribution in [2.75, 3.05) is 0 Å². The maximum atomic E-state index is 11.6. The van der Waals surface area contributed by atoms with E-state index in [-0.39, 0.29) is 11.0 Å². The SMILES string of the molecule is CCCC(=O)NNC(=S)NC(=O)/C=C/c1ccc(Cl)cc1. The van der Waals surface area contributed by atoms with Gasteiger partial charge in [0.2, 0.25) is 11.8 Å². The van der Waals surface area contributed by atoms with Gasteiger partial charge in [-0.25, -0.2) is 0 Å². The van der Waals surface area contributed by atoms with Crippen LogP contribution in [-0.4, -0.2) is 16.9 Å². The van der Waals surface area contributed by atoms with Gasteiger partial charge in [-0.1, -0.05) is 30.7 Å². The number of hydrogen-bond donors (Lipinski definition) is 3. The standard InChI is InChI=1S/C14H16ClN3O2S/c1-2-3-13(20)17-18-14(21)16-12(19)9-6-10-4-7-11(15)8-5-10/h4-9H,2-3H2,1H3,(H,17,20)(H2,16,18,19,21)/b9-6+. The van der Waals surface area contributed by atoms with Gasteiger partial charge in [0.1, 0.15) is 0 Å². The number of hydrogen-bond acceptors (Lipinski definition) is 3. The first-order chi connectivity index (χ1) is 10.0. The molecule has 1 rings (SSSR count). The highest BCUT2D eigenvalue weighted by atomic mass is 35.5. The topological polar surface area (TPSA) is 70.2 Å². The van der Waals surface area contributed by atoms with Gasteiger partial charge in [-0.05, 0) is 42.4 Å². The molecule has 0 unspecified atom stereocenters. The normalized spacial score (nSPS) is 10.2. The molecule has 0 saturated heterocycles. The van der Waals surface area contributed by atoms with Crippen molar-refractivity contribution < 1.29 is 9.59 Å². The highest BCUT2D eigenvalue weighted by Crippen LogP contribution is 2.10. The smallest absolute Gasteiger partial charge is 0.250 e. The molecule has 21 heavy (non-hydrogen) atoms. The van der Waals surface area contributed by atoms with Gasteiger partial charge in [0.05, 0.1) is 0 Å². The van der Waals surface area contributed by atoms with Crippen molar-refractivity contribution in [3.05, 3.63) is 40.9 Å². The Bertz CT molecular complexity index is 544. The molecule has 0 heterocycles. The van der Waals surface area contributed by atoms with E-state index in [0.29, 0.717) is 11.4 Å². The fraction of sp³-hybridized carbons (Fsp3) is 0.214. The van der Waals surface area contributed by atoms with Crippen molar-refractivity contribution in [2.24, 2.45) is 0 Å². The van der Waals surface area contributed by atoms with E-state index in [4.69, 9.17) is 23.8 Å². The van der Waals surface area contributed by atoms with E-state index >= 15 is 0 Å². The number of rotatable bonds is 4. The molecule has 0 spiro atoms. The highest BCUT2D eigenvalue weighted by Gasteiger charge is 2.02. The largest absolute Gasteiger partial charge is 0.298 e. The minimum atomic E-state index is -0.396. The van der Waals surface area contributed by atoms with Crippen molar-refractivity contribution in [3.8, 4) is 0 Å². The highest BCUT2D eigenvalue weighted by molar-refractivity contribution is 7.80. The predicted molar refractivity (Wildman–Crippen MR) is 87.4 cm³/mol. The molecule has 5 nitrogen and oxygen atoms in total.